The average molecular weight is 300 g/mol. The standard InChI is InChI=1S/C16H20N4O2/c21-14(18-11-5-1-2-6-11)9-10-17-16-19-13-8-4-3-7-12(13)15(22)20-16/h3-4,7-8,11H,1-2,5-6,9-10H2,(H,18,21)(H2,17,19,20,22). The second-order valence-corrected chi connectivity index (χ2v) is 5.66. The highest BCUT2D eigenvalue weighted by Gasteiger charge is 2.16. The van der Waals surface area contributed by atoms with Crippen molar-refractivity contribution < 1.29 is 4.79 Å². The minimum atomic E-state index is -0.177. The number of anilines is 1. The predicted octanol–water partition coefficient (Wildman–Crippen LogP) is 1.78. The van der Waals surface area contributed by atoms with E-state index in [-0.39, 0.29) is 11.5 Å². The Balaban J connectivity index is 1.55. The van der Waals surface area contributed by atoms with Gasteiger partial charge in [-0.1, -0.05) is 25.0 Å². The van der Waals surface area contributed by atoms with Crippen LogP contribution in [0.25, 0.3) is 10.9 Å². The minimum Gasteiger partial charge on any atom is -0.355 e. The summed E-state index contributed by atoms with van der Waals surface area (Å²) in [7, 11) is 0. The lowest BCUT2D eigenvalue weighted by molar-refractivity contribution is -0.121. The maximum Gasteiger partial charge on any atom is 0.260 e. The number of rotatable bonds is 5. The smallest absolute Gasteiger partial charge is 0.260 e. The number of carbonyl (C=O) groups excluding carboxylic acids is 1. The molecule has 1 amide bonds. The molecule has 22 heavy (non-hydrogen) atoms. The molecule has 2 aromatic rings. The predicted molar refractivity (Wildman–Crippen MR) is 85.9 cm³/mol. The molecule has 1 aromatic carbocycles. The van der Waals surface area contributed by atoms with E-state index in [1.54, 1.807) is 18.2 Å². The van der Waals surface area contributed by atoms with Gasteiger partial charge in [0.25, 0.3) is 5.56 Å². The highest BCUT2D eigenvalue weighted by molar-refractivity contribution is 5.78. The summed E-state index contributed by atoms with van der Waals surface area (Å²) in [6, 6.07) is 7.52. The highest BCUT2D eigenvalue weighted by atomic mass is 16.1. The molecule has 1 aliphatic carbocycles. The fraction of sp³-hybridized carbons (Fsp3) is 0.438. The fourth-order valence-electron chi connectivity index (χ4n) is 2.83. The molecular weight excluding hydrogens is 280 g/mol. The topological polar surface area (TPSA) is 86.9 Å². The number of nitrogens with one attached hydrogen (secondary N) is 3. The molecule has 0 saturated heterocycles. The molecule has 1 fully saturated rings. The van der Waals surface area contributed by atoms with E-state index in [1.165, 1.54) is 12.8 Å². The van der Waals surface area contributed by atoms with E-state index in [1.807, 2.05) is 6.07 Å². The van der Waals surface area contributed by atoms with Gasteiger partial charge in [0.1, 0.15) is 0 Å². The Morgan fingerprint density at radius 3 is 2.86 bits per heavy atom. The summed E-state index contributed by atoms with van der Waals surface area (Å²) in [6.07, 6.45) is 4.93. The fourth-order valence-corrected chi connectivity index (χ4v) is 2.83. The number of fused-ring (bicyclic) bond motifs is 1. The lowest BCUT2D eigenvalue weighted by atomic mass is 10.2. The first-order valence-electron chi connectivity index (χ1n) is 7.75. The molecule has 1 heterocycles. The molecule has 0 aliphatic heterocycles. The third-order valence-corrected chi connectivity index (χ3v) is 3.98. The van der Waals surface area contributed by atoms with Gasteiger partial charge in [-0.15, -0.1) is 0 Å². The van der Waals surface area contributed by atoms with Crippen LogP contribution in [0, 0.1) is 0 Å². The maximum absolute atomic E-state index is 11.9. The summed E-state index contributed by atoms with van der Waals surface area (Å²) in [5.74, 6) is 0.444. The molecule has 6 heteroatoms. The zero-order valence-electron chi connectivity index (χ0n) is 12.4. The quantitative estimate of drug-likeness (QED) is 0.785. The number of hydrogen-bond acceptors (Lipinski definition) is 4. The van der Waals surface area contributed by atoms with Gasteiger partial charge in [0.2, 0.25) is 11.9 Å². The Labute approximate surface area is 128 Å². The van der Waals surface area contributed by atoms with Crippen molar-refractivity contribution in [3.63, 3.8) is 0 Å². The molecule has 116 valence electrons. The lowest BCUT2D eigenvalue weighted by Crippen LogP contribution is -2.33. The van der Waals surface area contributed by atoms with Crippen LogP contribution in [0.4, 0.5) is 5.95 Å². The van der Waals surface area contributed by atoms with Gasteiger partial charge in [0, 0.05) is 19.0 Å². The summed E-state index contributed by atoms with van der Waals surface area (Å²) < 4.78 is 0. The van der Waals surface area contributed by atoms with E-state index >= 15 is 0 Å². The van der Waals surface area contributed by atoms with E-state index in [4.69, 9.17) is 0 Å². The van der Waals surface area contributed by atoms with E-state index in [0.717, 1.165) is 12.8 Å². The van der Waals surface area contributed by atoms with E-state index in [9.17, 15) is 9.59 Å². The summed E-state index contributed by atoms with van der Waals surface area (Å²) >= 11 is 0. The van der Waals surface area contributed by atoms with Crippen LogP contribution in [0.1, 0.15) is 32.1 Å². The van der Waals surface area contributed by atoms with Gasteiger partial charge in [-0.2, -0.15) is 0 Å². The molecule has 0 spiro atoms. The first-order chi connectivity index (χ1) is 10.7. The maximum atomic E-state index is 11.9. The molecule has 3 rings (SSSR count). The Morgan fingerprint density at radius 1 is 1.27 bits per heavy atom. The zero-order chi connectivity index (χ0) is 15.4. The van der Waals surface area contributed by atoms with Gasteiger partial charge >= 0.3 is 0 Å². The number of H-pyrrole nitrogens is 1. The number of aromatic amines is 1. The van der Waals surface area contributed by atoms with Crippen molar-refractivity contribution in [2.45, 2.75) is 38.1 Å². The highest BCUT2D eigenvalue weighted by Crippen LogP contribution is 2.17. The number of amides is 1. The third-order valence-electron chi connectivity index (χ3n) is 3.98. The molecule has 1 aromatic heterocycles. The van der Waals surface area contributed by atoms with Gasteiger partial charge in [-0.05, 0) is 25.0 Å². The zero-order valence-corrected chi connectivity index (χ0v) is 12.4. The Bertz CT molecular complexity index is 719. The van der Waals surface area contributed by atoms with Crippen LogP contribution in [0.3, 0.4) is 0 Å². The summed E-state index contributed by atoms with van der Waals surface area (Å²) in [5.41, 5.74) is 0.465. The number of carbonyl (C=O) groups is 1. The van der Waals surface area contributed by atoms with Gasteiger partial charge in [-0.25, -0.2) is 4.98 Å². The number of nitrogens with zero attached hydrogens (tertiary/aromatic N) is 1. The van der Waals surface area contributed by atoms with Crippen molar-refractivity contribution >= 4 is 22.8 Å². The molecule has 3 N–H and O–H groups in total. The third kappa shape index (κ3) is 3.44. The second kappa shape index (κ2) is 6.60. The van der Waals surface area contributed by atoms with Gasteiger partial charge in [0.05, 0.1) is 10.9 Å². The molecule has 0 atom stereocenters. The van der Waals surface area contributed by atoms with Crippen LogP contribution in [0.2, 0.25) is 0 Å². The van der Waals surface area contributed by atoms with Crippen molar-refractivity contribution in [3.8, 4) is 0 Å². The number of aromatic nitrogens is 2. The number of benzene rings is 1. The SMILES string of the molecule is O=C(CCNc1nc2ccccc2c(=O)[nH]1)NC1CCCC1. The number of hydrogen-bond donors (Lipinski definition) is 3. The van der Waals surface area contributed by atoms with Gasteiger partial charge in [-0.3, -0.25) is 14.6 Å². The van der Waals surface area contributed by atoms with Gasteiger partial charge in [0.15, 0.2) is 0 Å². The minimum absolute atomic E-state index is 0.0440. The monoisotopic (exact) mass is 300 g/mol. The van der Waals surface area contributed by atoms with E-state index < -0.39 is 0 Å². The molecule has 6 nitrogen and oxygen atoms in total. The molecule has 0 radical (unpaired) electrons. The number of para-hydroxylation sites is 1. The first kappa shape index (κ1) is 14.6. The largest absolute Gasteiger partial charge is 0.355 e. The molecule has 1 saturated carbocycles. The molecule has 0 unspecified atom stereocenters. The van der Waals surface area contributed by atoms with Crippen LogP contribution < -0.4 is 16.2 Å². The van der Waals surface area contributed by atoms with Crippen LogP contribution >= 0.6 is 0 Å². The normalized spacial score (nSPS) is 15.1. The summed E-state index contributed by atoms with van der Waals surface area (Å²) in [5, 5.41) is 6.60. The van der Waals surface area contributed by atoms with Crippen LogP contribution in [0.5, 0.6) is 0 Å². The van der Waals surface area contributed by atoms with Crippen LogP contribution in [-0.2, 0) is 4.79 Å². The molecule has 0 bridgehead atoms. The Hall–Kier alpha value is -2.37. The summed E-state index contributed by atoms with van der Waals surface area (Å²) in [4.78, 5) is 30.8. The van der Waals surface area contributed by atoms with Crippen LogP contribution in [0.15, 0.2) is 29.1 Å². The molecule has 1 aliphatic rings. The van der Waals surface area contributed by atoms with Gasteiger partial charge < -0.3 is 10.6 Å². The van der Waals surface area contributed by atoms with Crippen LogP contribution in [-0.4, -0.2) is 28.5 Å². The summed E-state index contributed by atoms with van der Waals surface area (Å²) in [6.45, 7) is 0.444. The van der Waals surface area contributed by atoms with E-state index in [0.29, 0.717) is 35.9 Å². The average Bonchev–Trinajstić information content (AvgIpc) is 3.00. The molecular formula is C16H20N4O2. The van der Waals surface area contributed by atoms with Crippen molar-refractivity contribution in [1.82, 2.24) is 15.3 Å². The lowest BCUT2D eigenvalue weighted by Gasteiger charge is -2.12. The van der Waals surface area contributed by atoms with Crippen molar-refractivity contribution in [2.24, 2.45) is 0 Å². The Morgan fingerprint density at radius 2 is 2.05 bits per heavy atom. The second-order valence-electron chi connectivity index (χ2n) is 5.66. The first-order valence-corrected chi connectivity index (χ1v) is 7.75. The van der Waals surface area contributed by atoms with E-state index in [2.05, 4.69) is 20.6 Å². The van der Waals surface area contributed by atoms with Crippen molar-refractivity contribution in [2.75, 3.05) is 11.9 Å². The van der Waals surface area contributed by atoms with Crippen molar-refractivity contribution in [1.29, 1.82) is 0 Å². The van der Waals surface area contributed by atoms with Crippen molar-refractivity contribution in [3.05, 3.63) is 34.6 Å². The Kier molecular flexibility index (Phi) is 4.37.